The summed E-state index contributed by atoms with van der Waals surface area (Å²) in [6, 6.07) is 12.2. The lowest BCUT2D eigenvalue weighted by atomic mass is 10.1. The van der Waals surface area contributed by atoms with Crippen molar-refractivity contribution in [1.82, 2.24) is 24.6 Å². The SMILES string of the molecule is Cc1ccc(-n2cnnc2SCC(=O)N2CCN(c3ccccn3)CC2)cc1C. The van der Waals surface area contributed by atoms with Crippen LogP contribution in [-0.4, -0.2) is 62.5 Å². The summed E-state index contributed by atoms with van der Waals surface area (Å²) < 4.78 is 1.93. The molecule has 7 nitrogen and oxygen atoms in total. The van der Waals surface area contributed by atoms with Crippen LogP contribution in [-0.2, 0) is 4.79 Å². The van der Waals surface area contributed by atoms with Crippen LogP contribution in [0, 0.1) is 13.8 Å². The quantitative estimate of drug-likeness (QED) is 0.605. The van der Waals surface area contributed by atoms with E-state index in [1.54, 1.807) is 12.5 Å². The first kappa shape index (κ1) is 19.4. The lowest BCUT2D eigenvalue weighted by Crippen LogP contribution is -2.49. The van der Waals surface area contributed by atoms with Crippen LogP contribution < -0.4 is 4.90 Å². The maximum absolute atomic E-state index is 12.7. The van der Waals surface area contributed by atoms with Crippen LogP contribution in [0.25, 0.3) is 5.69 Å². The van der Waals surface area contributed by atoms with Crippen molar-refractivity contribution in [1.29, 1.82) is 0 Å². The van der Waals surface area contributed by atoms with Crippen molar-refractivity contribution in [3.8, 4) is 5.69 Å². The lowest BCUT2D eigenvalue weighted by Gasteiger charge is -2.35. The second kappa shape index (κ2) is 8.65. The lowest BCUT2D eigenvalue weighted by molar-refractivity contribution is -0.128. The van der Waals surface area contributed by atoms with E-state index in [2.05, 4.69) is 52.1 Å². The largest absolute Gasteiger partial charge is 0.353 e. The molecule has 0 atom stereocenters. The summed E-state index contributed by atoms with van der Waals surface area (Å²) in [6.07, 6.45) is 3.50. The first-order valence-electron chi connectivity index (χ1n) is 9.66. The highest BCUT2D eigenvalue weighted by molar-refractivity contribution is 7.99. The highest BCUT2D eigenvalue weighted by Crippen LogP contribution is 2.22. The van der Waals surface area contributed by atoms with E-state index in [1.165, 1.54) is 22.9 Å². The van der Waals surface area contributed by atoms with Crippen LogP contribution in [0.4, 0.5) is 5.82 Å². The minimum absolute atomic E-state index is 0.130. The predicted molar refractivity (Wildman–Crippen MR) is 115 cm³/mol. The first-order chi connectivity index (χ1) is 14.1. The van der Waals surface area contributed by atoms with Crippen molar-refractivity contribution in [3.05, 3.63) is 60.0 Å². The van der Waals surface area contributed by atoms with Gasteiger partial charge < -0.3 is 9.80 Å². The molecule has 8 heteroatoms. The molecule has 0 saturated carbocycles. The van der Waals surface area contributed by atoms with E-state index in [1.807, 2.05) is 27.7 Å². The van der Waals surface area contributed by atoms with E-state index in [9.17, 15) is 4.79 Å². The Morgan fingerprint density at radius 2 is 1.90 bits per heavy atom. The number of thioether (sulfide) groups is 1. The third-order valence-electron chi connectivity index (χ3n) is 5.22. The fourth-order valence-corrected chi connectivity index (χ4v) is 4.15. The maximum atomic E-state index is 12.7. The second-order valence-corrected chi connectivity index (χ2v) is 8.04. The Bertz CT molecular complexity index is 982. The van der Waals surface area contributed by atoms with Crippen LogP contribution in [0.15, 0.2) is 54.1 Å². The van der Waals surface area contributed by atoms with Gasteiger partial charge in [-0.05, 0) is 49.2 Å². The van der Waals surface area contributed by atoms with Crippen LogP contribution in [0.5, 0.6) is 0 Å². The van der Waals surface area contributed by atoms with Gasteiger partial charge in [-0.2, -0.15) is 0 Å². The number of rotatable bonds is 5. The number of anilines is 1. The Kier molecular flexibility index (Phi) is 5.80. The van der Waals surface area contributed by atoms with Crippen molar-refractivity contribution in [2.45, 2.75) is 19.0 Å². The molecule has 0 spiro atoms. The van der Waals surface area contributed by atoms with Gasteiger partial charge in [0.1, 0.15) is 12.1 Å². The Labute approximate surface area is 174 Å². The van der Waals surface area contributed by atoms with Crippen molar-refractivity contribution in [2.24, 2.45) is 0 Å². The van der Waals surface area contributed by atoms with Gasteiger partial charge in [-0.3, -0.25) is 9.36 Å². The predicted octanol–water partition coefficient (Wildman–Crippen LogP) is 2.72. The fourth-order valence-electron chi connectivity index (χ4n) is 3.32. The van der Waals surface area contributed by atoms with Gasteiger partial charge in [0.25, 0.3) is 0 Å². The molecule has 3 aromatic rings. The van der Waals surface area contributed by atoms with Crippen molar-refractivity contribution >= 4 is 23.5 Å². The van der Waals surface area contributed by atoms with E-state index in [4.69, 9.17) is 0 Å². The molecular weight excluding hydrogens is 384 g/mol. The Morgan fingerprint density at radius 3 is 2.62 bits per heavy atom. The highest BCUT2D eigenvalue weighted by atomic mass is 32.2. The number of aromatic nitrogens is 4. The molecule has 1 amide bonds. The zero-order valence-corrected chi connectivity index (χ0v) is 17.5. The summed E-state index contributed by atoms with van der Waals surface area (Å²) in [7, 11) is 0. The highest BCUT2D eigenvalue weighted by Gasteiger charge is 2.22. The third-order valence-corrected chi connectivity index (χ3v) is 6.14. The average Bonchev–Trinajstić information content (AvgIpc) is 3.23. The molecule has 4 rings (SSSR count). The first-order valence-corrected chi connectivity index (χ1v) is 10.6. The smallest absolute Gasteiger partial charge is 0.233 e. The van der Waals surface area contributed by atoms with Crippen LogP contribution in [0.2, 0.25) is 0 Å². The van der Waals surface area contributed by atoms with Crippen LogP contribution in [0.3, 0.4) is 0 Å². The van der Waals surface area contributed by atoms with Gasteiger partial charge in [-0.25, -0.2) is 4.98 Å². The molecule has 3 heterocycles. The summed E-state index contributed by atoms with van der Waals surface area (Å²) in [6.45, 7) is 7.19. The van der Waals surface area contributed by atoms with Gasteiger partial charge in [-0.1, -0.05) is 23.9 Å². The zero-order chi connectivity index (χ0) is 20.2. The van der Waals surface area contributed by atoms with Crippen molar-refractivity contribution in [3.63, 3.8) is 0 Å². The normalized spacial score (nSPS) is 14.3. The van der Waals surface area contributed by atoms with Gasteiger partial charge in [0.05, 0.1) is 5.75 Å². The van der Waals surface area contributed by atoms with Crippen molar-refractivity contribution < 1.29 is 4.79 Å². The van der Waals surface area contributed by atoms with Gasteiger partial charge in [-0.15, -0.1) is 10.2 Å². The van der Waals surface area contributed by atoms with E-state index >= 15 is 0 Å². The zero-order valence-electron chi connectivity index (χ0n) is 16.7. The van der Waals surface area contributed by atoms with Crippen LogP contribution in [0.1, 0.15) is 11.1 Å². The average molecular weight is 409 g/mol. The van der Waals surface area contributed by atoms with E-state index in [-0.39, 0.29) is 5.91 Å². The van der Waals surface area contributed by atoms with E-state index in [0.717, 1.165) is 29.8 Å². The van der Waals surface area contributed by atoms with Gasteiger partial charge >= 0.3 is 0 Å². The Hall–Kier alpha value is -2.87. The molecule has 0 radical (unpaired) electrons. The third kappa shape index (κ3) is 4.42. The molecule has 0 bridgehead atoms. The molecule has 1 fully saturated rings. The summed E-state index contributed by atoms with van der Waals surface area (Å²) in [5.74, 6) is 1.45. The molecule has 1 aliphatic rings. The number of hydrogen-bond donors (Lipinski definition) is 0. The number of benzene rings is 1. The number of hydrogen-bond acceptors (Lipinski definition) is 6. The monoisotopic (exact) mass is 408 g/mol. The molecular formula is C21H24N6OS. The van der Waals surface area contributed by atoms with Gasteiger partial charge in [0.15, 0.2) is 5.16 Å². The molecule has 0 unspecified atom stereocenters. The van der Waals surface area contributed by atoms with E-state index in [0.29, 0.717) is 18.8 Å². The molecule has 1 aromatic carbocycles. The fraction of sp³-hybridized carbons (Fsp3) is 0.333. The molecule has 1 saturated heterocycles. The summed E-state index contributed by atoms with van der Waals surface area (Å²) >= 11 is 1.43. The number of pyridine rings is 1. The molecule has 2 aromatic heterocycles. The number of aryl methyl sites for hydroxylation is 2. The number of nitrogens with zero attached hydrogens (tertiary/aromatic N) is 6. The summed E-state index contributed by atoms with van der Waals surface area (Å²) in [5, 5.41) is 8.97. The molecule has 0 N–H and O–H groups in total. The standard InChI is InChI=1S/C21H24N6OS/c1-16-6-7-18(13-17(16)2)27-15-23-24-21(27)29-14-20(28)26-11-9-25(10-12-26)19-5-3-4-8-22-19/h3-8,13,15H,9-12,14H2,1-2H3. The number of amides is 1. The Balaban J connectivity index is 1.34. The number of piperazine rings is 1. The maximum Gasteiger partial charge on any atom is 0.233 e. The van der Waals surface area contributed by atoms with Gasteiger partial charge in [0, 0.05) is 38.1 Å². The topological polar surface area (TPSA) is 67.2 Å². The van der Waals surface area contributed by atoms with E-state index < -0.39 is 0 Å². The minimum atomic E-state index is 0.130. The number of carbonyl (C=O) groups is 1. The van der Waals surface area contributed by atoms with Crippen molar-refractivity contribution in [2.75, 3.05) is 36.8 Å². The summed E-state index contributed by atoms with van der Waals surface area (Å²) in [4.78, 5) is 21.2. The van der Waals surface area contributed by atoms with Gasteiger partial charge in [0.2, 0.25) is 5.91 Å². The molecule has 0 aliphatic carbocycles. The Morgan fingerprint density at radius 1 is 1.07 bits per heavy atom. The number of carbonyl (C=O) groups excluding carboxylic acids is 1. The van der Waals surface area contributed by atoms with Crippen LogP contribution >= 0.6 is 11.8 Å². The molecule has 1 aliphatic heterocycles. The molecule has 150 valence electrons. The minimum Gasteiger partial charge on any atom is -0.353 e. The summed E-state index contributed by atoms with van der Waals surface area (Å²) in [5.41, 5.74) is 3.47. The second-order valence-electron chi connectivity index (χ2n) is 7.10. The molecule has 29 heavy (non-hydrogen) atoms.